The molecule has 2 rings (SSSR count). The van der Waals surface area contributed by atoms with Gasteiger partial charge in [-0.1, -0.05) is 18.2 Å². The van der Waals surface area contributed by atoms with E-state index in [1.165, 1.54) is 18.5 Å². The van der Waals surface area contributed by atoms with Gasteiger partial charge in [-0.2, -0.15) is 0 Å². The number of benzene rings is 1. The van der Waals surface area contributed by atoms with Crippen LogP contribution in [0.4, 0.5) is 5.69 Å². The lowest BCUT2D eigenvalue weighted by atomic mass is 10.0. The van der Waals surface area contributed by atoms with Crippen molar-refractivity contribution in [2.24, 2.45) is 0 Å². The Bertz CT molecular complexity index is 347. The Hall–Kier alpha value is -1.06. The van der Waals surface area contributed by atoms with Crippen molar-refractivity contribution in [1.29, 1.82) is 0 Å². The lowest BCUT2D eigenvalue weighted by Crippen LogP contribution is -2.44. The number of anilines is 1. The minimum absolute atomic E-state index is 0.317. The summed E-state index contributed by atoms with van der Waals surface area (Å²) in [5.41, 5.74) is 1.35. The molecule has 1 saturated heterocycles. The van der Waals surface area contributed by atoms with E-state index in [1.807, 2.05) is 0 Å². The molecule has 0 spiro atoms. The highest BCUT2D eigenvalue weighted by Gasteiger charge is 2.19. The first-order chi connectivity index (χ1) is 9.29. The fourth-order valence-corrected chi connectivity index (χ4v) is 2.66. The first-order valence-corrected chi connectivity index (χ1v) is 7.44. The maximum atomic E-state index is 5.55. The zero-order valence-electron chi connectivity index (χ0n) is 12.1. The van der Waals surface area contributed by atoms with Crippen LogP contribution in [0.3, 0.4) is 0 Å². The van der Waals surface area contributed by atoms with Crippen molar-refractivity contribution in [2.45, 2.75) is 38.8 Å². The quantitative estimate of drug-likeness (QED) is 0.853. The highest BCUT2D eigenvalue weighted by Crippen LogP contribution is 2.19. The minimum atomic E-state index is 0.317. The average molecular weight is 262 g/mol. The standard InChI is InChI=1S/C16H26N2O/c1-3-19-14(2)13-17-15-9-11-18(12-10-15)16-7-5-4-6-8-16/h4-8,14-15,17H,3,9-13H2,1-2H3. The fourth-order valence-electron chi connectivity index (χ4n) is 2.66. The van der Waals surface area contributed by atoms with E-state index in [9.17, 15) is 0 Å². The van der Waals surface area contributed by atoms with Crippen molar-refractivity contribution in [1.82, 2.24) is 5.32 Å². The van der Waals surface area contributed by atoms with Crippen LogP contribution in [0.5, 0.6) is 0 Å². The van der Waals surface area contributed by atoms with Crippen LogP contribution in [0, 0.1) is 0 Å². The van der Waals surface area contributed by atoms with Gasteiger partial charge in [0.05, 0.1) is 6.10 Å². The van der Waals surface area contributed by atoms with E-state index < -0.39 is 0 Å². The van der Waals surface area contributed by atoms with Crippen molar-refractivity contribution in [3.63, 3.8) is 0 Å². The molecule has 1 N–H and O–H groups in total. The predicted octanol–water partition coefficient (Wildman–Crippen LogP) is 2.67. The molecule has 0 amide bonds. The zero-order valence-corrected chi connectivity index (χ0v) is 12.1. The third-order valence-corrected chi connectivity index (χ3v) is 3.76. The molecule has 0 bridgehead atoms. The second-order valence-electron chi connectivity index (χ2n) is 5.27. The molecular weight excluding hydrogens is 236 g/mol. The van der Waals surface area contributed by atoms with E-state index >= 15 is 0 Å². The molecular formula is C16H26N2O. The summed E-state index contributed by atoms with van der Waals surface area (Å²) in [5.74, 6) is 0. The van der Waals surface area contributed by atoms with Crippen molar-refractivity contribution in [3.05, 3.63) is 30.3 Å². The Morgan fingerprint density at radius 1 is 1.26 bits per heavy atom. The van der Waals surface area contributed by atoms with Crippen LogP contribution in [0.1, 0.15) is 26.7 Å². The summed E-state index contributed by atoms with van der Waals surface area (Å²) in [6.45, 7) is 8.24. The SMILES string of the molecule is CCOC(C)CNC1CCN(c2ccccc2)CC1. The molecule has 1 unspecified atom stereocenters. The van der Waals surface area contributed by atoms with Gasteiger partial charge in [-0.05, 0) is 38.8 Å². The van der Waals surface area contributed by atoms with Crippen molar-refractivity contribution in [2.75, 3.05) is 31.1 Å². The summed E-state index contributed by atoms with van der Waals surface area (Å²) in [5, 5.41) is 3.63. The molecule has 0 aliphatic carbocycles. The van der Waals surface area contributed by atoms with Gasteiger partial charge in [0.2, 0.25) is 0 Å². The van der Waals surface area contributed by atoms with E-state index in [0.717, 1.165) is 26.2 Å². The van der Waals surface area contributed by atoms with Crippen LogP contribution in [-0.2, 0) is 4.74 Å². The van der Waals surface area contributed by atoms with Crippen LogP contribution in [0.15, 0.2) is 30.3 Å². The Morgan fingerprint density at radius 2 is 1.95 bits per heavy atom. The molecule has 1 fully saturated rings. The van der Waals surface area contributed by atoms with E-state index in [2.05, 4.69) is 54.4 Å². The fraction of sp³-hybridized carbons (Fsp3) is 0.625. The monoisotopic (exact) mass is 262 g/mol. The summed E-state index contributed by atoms with van der Waals surface area (Å²) in [7, 11) is 0. The Morgan fingerprint density at radius 3 is 2.58 bits per heavy atom. The number of piperidine rings is 1. The molecule has 1 atom stereocenters. The Kier molecular flexibility index (Phi) is 5.67. The van der Waals surface area contributed by atoms with Gasteiger partial charge in [-0.15, -0.1) is 0 Å². The van der Waals surface area contributed by atoms with Gasteiger partial charge >= 0.3 is 0 Å². The molecule has 0 saturated carbocycles. The summed E-state index contributed by atoms with van der Waals surface area (Å²) < 4.78 is 5.55. The predicted molar refractivity (Wildman–Crippen MR) is 80.8 cm³/mol. The maximum Gasteiger partial charge on any atom is 0.0671 e. The number of nitrogens with one attached hydrogen (secondary N) is 1. The van der Waals surface area contributed by atoms with Crippen molar-refractivity contribution in [3.8, 4) is 0 Å². The second-order valence-corrected chi connectivity index (χ2v) is 5.27. The molecule has 1 aliphatic rings. The van der Waals surface area contributed by atoms with Crippen LogP contribution in [0.2, 0.25) is 0 Å². The zero-order chi connectivity index (χ0) is 13.5. The smallest absolute Gasteiger partial charge is 0.0671 e. The van der Waals surface area contributed by atoms with Crippen LogP contribution >= 0.6 is 0 Å². The largest absolute Gasteiger partial charge is 0.377 e. The number of hydrogen-bond acceptors (Lipinski definition) is 3. The lowest BCUT2D eigenvalue weighted by molar-refractivity contribution is 0.0732. The number of para-hydroxylation sites is 1. The van der Waals surface area contributed by atoms with E-state index in [0.29, 0.717) is 12.1 Å². The number of rotatable bonds is 6. The first kappa shape index (κ1) is 14.4. The van der Waals surface area contributed by atoms with Gasteiger partial charge in [0.15, 0.2) is 0 Å². The van der Waals surface area contributed by atoms with Crippen molar-refractivity contribution >= 4 is 5.69 Å². The molecule has 3 nitrogen and oxygen atoms in total. The molecule has 0 aromatic heterocycles. The number of hydrogen-bond donors (Lipinski definition) is 1. The third kappa shape index (κ3) is 4.51. The first-order valence-electron chi connectivity index (χ1n) is 7.44. The molecule has 1 aliphatic heterocycles. The number of ether oxygens (including phenoxy) is 1. The van der Waals surface area contributed by atoms with E-state index in [4.69, 9.17) is 4.74 Å². The highest BCUT2D eigenvalue weighted by atomic mass is 16.5. The minimum Gasteiger partial charge on any atom is -0.377 e. The molecule has 1 aromatic rings. The van der Waals surface area contributed by atoms with E-state index in [1.54, 1.807) is 0 Å². The molecule has 19 heavy (non-hydrogen) atoms. The Labute approximate surface area is 116 Å². The highest BCUT2D eigenvalue weighted by molar-refractivity contribution is 5.46. The van der Waals surface area contributed by atoms with Crippen LogP contribution in [-0.4, -0.2) is 38.4 Å². The summed E-state index contributed by atoms with van der Waals surface area (Å²) in [6.07, 6.45) is 2.75. The molecule has 1 aromatic carbocycles. The van der Waals surface area contributed by atoms with Gasteiger partial charge in [0.25, 0.3) is 0 Å². The summed E-state index contributed by atoms with van der Waals surface area (Å²) in [6, 6.07) is 11.3. The van der Waals surface area contributed by atoms with Gasteiger partial charge in [0.1, 0.15) is 0 Å². The molecule has 0 radical (unpaired) electrons. The summed E-state index contributed by atoms with van der Waals surface area (Å²) in [4.78, 5) is 2.48. The second kappa shape index (κ2) is 7.51. The van der Waals surface area contributed by atoms with Crippen LogP contribution < -0.4 is 10.2 Å². The van der Waals surface area contributed by atoms with E-state index in [-0.39, 0.29) is 0 Å². The van der Waals surface area contributed by atoms with Gasteiger partial charge < -0.3 is 15.0 Å². The van der Waals surface area contributed by atoms with Gasteiger partial charge in [-0.25, -0.2) is 0 Å². The van der Waals surface area contributed by atoms with Crippen LogP contribution in [0.25, 0.3) is 0 Å². The van der Waals surface area contributed by atoms with Gasteiger partial charge in [0, 0.05) is 38.0 Å². The maximum absolute atomic E-state index is 5.55. The number of nitrogens with zero attached hydrogens (tertiary/aromatic N) is 1. The molecule has 106 valence electrons. The third-order valence-electron chi connectivity index (χ3n) is 3.76. The lowest BCUT2D eigenvalue weighted by Gasteiger charge is -2.34. The van der Waals surface area contributed by atoms with Crippen molar-refractivity contribution < 1.29 is 4.74 Å². The topological polar surface area (TPSA) is 24.5 Å². The molecule has 3 heteroatoms. The summed E-state index contributed by atoms with van der Waals surface area (Å²) >= 11 is 0. The molecule has 1 heterocycles. The average Bonchev–Trinajstić information content (AvgIpc) is 2.47. The normalized spacial score (nSPS) is 18.5. The Balaban J connectivity index is 1.71. The van der Waals surface area contributed by atoms with Gasteiger partial charge in [-0.3, -0.25) is 0 Å².